The van der Waals surface area contributed by atoms with Crippen LogP contribution in [-0.2, 0) is 6.42 Å². The van der Waals surface area contributed by atoms with E-state index in [1.165, 1.54) is 54.9 Å². The fraction of sp³-hybridized carbons (Fsp3) is 0.517. The van der Waals surface area contributed by atoms with Gasteiger partial charge in [0.05, 0.1) is 0 Å². The van der Waals surface area contributed by atoms with Crippen LogP contribution in [0, 0.1) is 27.7 Å². The second-order valence-electron chi connectivity index (χ2n) is 7.36. The van der Waals surface area contributed by atoms with E-state index in [0.717, 1.165) is 6.42 Å². The topological polar surface area (TPSA) is 0 Å². The molecule has 0 bridgehead atoms. The van der Waals surface area contributed by atoms with Crippen molar-refractivity contribution in [1.29, 1.82) is 0 Å². The van der Waals surface area contributed by atoms with Crippen molar-refractivity contribution >= 4 is 21.5 Å². The molecule has 0 atom stereocenters. The Bertz CT molecular complexity index is 842. The molecule has 0 unspecified atom stereocenters. The number of hydrogen-bond donors (Lipinski definition) is 0. The molecule has 0 aliphatic carbocycles. The molecule has 0 heterocycles. The van der Waals surface area contributed by atoms with E-state index in [0.29, 0.717) is 5.92 Å². The Morgan fingerprint density at radius 2 is 0.828 bits per heavy atom. The van der Waals surface area contributed by atoms with Gasteiger partial charge in [0.2, 0.25) is 0 Å². The molecule has 3 rings (SSSR count). The van der Waals surface area contributed by atoms with Gasteiger partial charge in [-0.2, -0.15) is 0 Å². The second kappa shape index (κ2) is 12.7. The molecule has 0 spiro atoms. The minimum Gasteiger partial charge on any atom is -0.0683 e. The summed E-state index contributed by atoms with van der Waals surface area (Å²) in [4.78, 5) is 0. The average molecular weight is 395 g/mol. The Morgan fingerprint density at radius 1 is 0.552 bits per heavy atom. The Kier molecular flexibility index (Phi) is 11.9. The van der Waals surface area contributed by atoms with Crippen LogP contribution in [0.3, 0.4) is 0 Å². The first-order valence-electron chi connectivity index (χ1n) is 11.8. The van der Waals surface area contributed by atoms with E-state index in [2.05, 4.69) is 72.7 Å². The van der Waals surface area contributed by atoms with Crippen LogP contribution in [0.15, 0.2) is 24.3 Å². The van der Waals surface area contributed by atoms with Crippen molar-refractivity contribution in [3.63, 3.8) is 0 Å². The highest BCUT2D eigenvalue weighted by Crippen LogP contribution is 2.39. The number of benzene rings is 3. The molecule has 0 saturated carbocycles. The van der Waals surface area contributed by atoms with Gasteiger partial charge in [-0.05, 0) is 95.0 Å². The zero-order valence-corrected chi connectivity index (χ0v) is 21.6. The van der Waals surface area contributed by atoms with Crippen LogP contribution in [-0.4, -0.2) is 0 Å². The van der Waals surface area contributed by atoms with Gasteiger partial charge >= 0.3 is 0 Å². The molecule has 0 aliphatic rings. The molecule has 29 heavy (non-hydrogen) atoms. The molecule has 0 saturated heterocycles. The Hall–Kier alpha value is -1.82. The van der Waals surface area contributed by atoms with E-state index in [-0.39, 0.29) is 0 Å². The SMILES string of the molecule is CC.CC.CC.CCc1c2cc(C)c(C)cc2c(C(C)C)c2cc(C)c(C)cc12. The molecule has 0 radical (unpaired) electrons. The van der Waals surface area contributed by atoms with Gasteiger partial charge in [0.15, 0.2) is 0 Å². The van der Waals surface area contributed by atoms with Gasteiger partial charge in [-0.3, -0.25) is 0 Å². The number of rotatable bonds is 2. The van der Waals surface area contributed by atoms with E-state index < -0.39 is 0 Å². The molecule has 3 aromatic carbocycles. The summed E-state index contributed by atoms with van der Waals surface area (Å²) in [5, 5.41) is 5.82. The maximum Gasteiger partial charge on any atom is -0.0137 e. The first-order chi connectivity index (χ1) is 13.8. The van der Waals surface area contributed by atoms with Crippen LogP contribution in [0.4, 0.5) is 0 Å². The highest BCUT2D eigenvalue weighted by Gasteiger charge is 2.17. The van der Waals surface area contributed by atoms with E-state index in [1.54, 1.807) is 0 Å². The summed E-state index contributed by atoms with van der Waals surface area (Å²) >= 11 is 0. The number of aryl methyl sites for hydroxylation is 5. The van der Waals surface area contributed by atoms with Crippen molar-refractivity contribution in [2.24, 2.45) is 0 Å². The molecule has 3 aromatic rings. The van der Waals surface area contributed by atoms with Gasteiger partial charge in [-0.25, -0.2) is 0 Å². The molecule has 0 fully saturated rings. The van der Waals surface area contributed by atoms with Gasteiger partial charge in [0.1, 0.15) is 0 Å². The van der Waals surface area contributed by atoms with Crippen LogP contribution >= 0.6 is 0 Å². The molecule has 0 aromatic heterocycles. The van der Waals surface area contributed by atoms with Gasteiger partial charge in [-0.1, -0.05) is 86.6 Å². The predicted molar refractivity (Wildman–Crippen MR) is 138 cm³/mol. The number of fused-ring (bicyclic) bond motifs is 2. The highest BCUT2D eigenvalue weighted by atomic mass is 14.2. The monoisotopic (exact) mass is 394 g/mol. The first-order valence-corrected chi connectivity index (χ1v) is 11.8. The van der Waals surface area contributed by atoms with E-state index >= 15 is 0 Å². The lowest BCUT2D eigenvalue weighted by Crippen LogP contribution is -1.99. The van der Waals surface area contributed by atoms with Crippen molar-refractivity contribution in [2.45, 2.75) is 102 Å². The molecule has 0 N–H and O–H groups in total. The molecule has 0 aliphatic heterocycles. The fourth-order valence-corrected chi connectivity index (χ4v) is 3.87. The van der Waals surface area contributed by atoms with Crippen LogP contribution in [0.5, 0.6) is 0 Å². The smallest absolute Gasteiger partial charge is 0.0137 e. The Morgan fingerprint density at radius 3 is 1.07 bits per heavy atom. The molecular weight excluding hydrogens is 348 g/mol. The third kappa shape index (κ3) is 5.62. The maximum atomic E-state index is 2.41. The van der Waals surface area contributed by atoms with Crippen LogP contribution in [0.1, 0.15) is 102 Å². The average Bonchev–Trinajstić information content (AvgIpc) is 2.73. The molecule has 0 amide bonds. The predicted octanol–water partition coefficient (Wildman–Crippen LogP) is 9.99. The number of hydrogen-bond acceptors (Lipinski definition) is 0. The maximum absolute atomic E-state index is 2.41. The summed E-state index contributed by atoms with van der Waals surface area (Å²) in [5.74, 6) is 0.523. The van der Waals surface area contributed by atoms with Crippen molar-refractivity contribution in [1.82, 2.24) is 0 Å². The summed E-state index contributed by atoms with van der Waals surface area (Å²) in [5.41, 5.74) is 8.59. The van der Waals surface area contributed by atoms with Crippen LogP contribution in [0.2, 0.25) is 0 Å². The summed E-state index contributed by atoms with van der Waals surface area (Å²) in [6, 6.07) is 9.63. The first kappa shape index (κ1) is 27.2. The third-order valence-electron chi connectivity index (χ3n) is 5.43. The van der Waals surface area contributed by atoms with Crippen molar-refractivity contribution < 1.29 is 0 Å². The van der Waals surface area contributed by atoms with Gasteiger partial charge in [0, 0.05) is 0 Å². The van der Waals surface area contributed by atoms with E-state index in [9.17, 15) is 0 Å². The van der Waals surface area contributed by atoms with Crippen LogP contribution in [0.25, 0.3) is 21.5 Å². The lowest BCUT2D eigenvalue weighted by molar-refractivity contribution is 0.884. The van der Waals surface area contributed by atoms with Gasteiger partial charge < -0.3 is 0 Å². The molecule has 162 valence electrons. The Labute approximate surface area is 181 Å². The largest absolute Gasteiger partial charge is 0.0683 e. The molecule has 0 heteroatoms. The van der Waals surface area contributed by atoms with Crippen molar-refractivity contribution in [3.05, 3.63) is 57.6 Å². The molecule has 0 nitrogen and oxygen atoms in total. The lowest BCUT2D eigenvalue weighted by Gasteiger charge is -2.21. The summed E-state index contributed by atoms with van der Waals surface area (Å²) in [6.07, 6.45) is 1.08. The zero-order chi connectivity index (χ0) is 22.9. The summed E-state index contributed by atoms with van der Waals surface area (Å²) in [7, 11) is 0. The minimum atomic E-state index is 0.523. The van der Waals surface area contributed by atoms with Gasteiger partial charge in [0.25, 0.3) is 0 Å². The van der Waals surface area contributed by atoms with Crippen LogP contribution < -0.4 is 0 Å². The standard InChI is InChI=1S/C23H28.3C2H6/c1-8-18-19-9-14(4)16(6)11-21(19)23(13(2)3)22-12-17(7)15(5)10-20(18)22;3*1-2/h9-13H,8H2,1-7H3;3*1-2H3. The molecular formula is C29H46. The quantitative estimate of drug-likeness (QED) is 0.379. The Balaban J connectivity index is 0.00000120. The van der Waals surface area contributed by atoms with Crippen molar-refractivity contribution in [3.8, 4) is 0 Å². The van der Waals surface area contributed by atoms with E-state index in [1.807, 2.05) is 41.5 Å². The zero-order valence-electron chi connectivity index (χ0n) is 21.6. The minimum absolute atomic E-state index is 0.523. The normalized spacial score (nSPS) is 10.0. The lowest BCUT2D eigenvalue weighted by atomic mass is 9.83. The van der Waals surface area contributed by atoms with Gasteiger partial charge in [-0.15, -0.1) is 0 Å². The highest BCUT2D eigenvalue weighted by molar-refractivity contribution is 6.07. The second-order valence-corrected chi connectivity index (χ2v) is 7.36. The summed E-state index contributed by atoms with van der Waals surface area (Å²) < 4.78 is 0. The summed E-state index contributed by atoms with van der Waals surface area (Å²) in [6.45, 7) is 27.9. The van der Waals surface area contributed by atoms with Crippen molar-refractivity contribution in [2.75, 3.05) is 0 Å². The fourth-order valence-electron chi connectivity index (χ4n) is 3.87. The third-order valence-corrected chi connectivity index (χ3v) is 5.43. The van der Waals surface area contributed by atoms with E-state index in [4.69, 9.17) is 0 Å².